The molecule has 1 aliphatic heterocycles. The number of rotatable bonds is 5. The Morgan fingerprint density at radius 1 is 1.21 bits per heavy atom. The maximum atomic E-state index is 5.59. The summed E-state index contributed by atoms with van der Waals surface area (Å²) in [5.74, 6) is 0.908. The Morgan fingerprint density at radius 2 is 1.79 bits per heavy atom. The number of nitrogens with two attached hydrogens (primary N) is 1. The summed E-state index contributed by atoms with van der Waals surface area (Å²) in [5, 5.41) is 0. The van der Waals surface area contributed by atoms with E-state index in [1.165, 1.54) is 45.2 Å². The van der Waals surface area contributed by atoms with E-state index in [-0.39, 0.29) is 0 Å². The molecule has 0 aromatic heterocycles. The van der Waals surface area contributed by atoms with E-state index in [1.54, 1.807) is 0 Å². The largest absolute Gasteiger partial charge is 0.330 e. The van der Waals surface area contributed by atoms with Crippen LogP contribution in [-0.4, -0.2) is 30.6 Å². The monoisotopic (exact) mass is 198 g/mol. The molecule has 1 heterocycles. The van der Waals surface area contributed by atoms with E-state index in [4.69, 9.17) is 5.73 Å². The first-order valence-electron chi connectivity index (χ1n) is 6.25. The zero-order chi connectivity index (χ0) is 10.4. The van der Waals surface area contributed by atoms with Crippen molar-refractivity contribution in [3.63, 3.8) is 0 Å². The summed E-state index contributed by atoms with van der Waals surface area (Å²) in [6.07, 6.45) is 6.58. The lowest BCUT2D eigenvalue weighted by Crippen LogP contribution is -2.41. The van der Waals surface area contributed by atoms with Gasteiger partial charge in [0, 0.05) is 6.04 Å². The van der Waals surface area contributed by atoms with Gasteiger partial charge in [0.2, 0.25) is 0 Å². The van der Waals surface area contributed by atoms with Gasteiger partial charge in [-0.3, -0.25) is 0 Å². The normalized spacial score (nSPS) is 20.6. The van der Waals surface area contributed by atoms with Crippen LogP contribution in [0.1, 0.15) is 46.0 Å². The molecule has 2 N–H and O–H groups in total. The van der Waals surface area contributed by atoms with Crippen molar-refractivity contribution in [3.05, 3.63) is 0 Å². The summed E-state index contributed by atoms with van der Waals surface area (Å²) < 4.78 is 0. The van der Waals surface area contributed by atoms with E-state index in [2.05, 4.69) is 18.7 Å². The summed E-state index contributed by atoms with van der Waals surface area (Å²) in [6.45, 7) is 8.09. The van der Waals surface area contributed by atoms with E-state index in [0.29, 0.717) is 0 Å². The first kappa shape index (κ1) is 12.0. The number of nitrogens with zero attached hydrogens (tertiary/aromatic N) is 1. The zero-order valence-electron chi connectivity index (χ0n) is 9.84. The number of likely N-dealkylation sites (tertiary alicyclic amines) is 1. The molecule has 0 aliphatic carbocycles. The van der Waals surface area contributed by atoms with Gasteiger partial charge in [-0.05, 0) is 57.7 Å². The Bertz CT molecular complexity index is 135. The third kappa shape index (κ3) is 3.25. The van der Waals surface area contributed by atoms with Crippen molar-refractivity contribution in [3.8, 4) is 0 Å². The molecule has 84 valence electrons. The lowest BCUT2D eigenvalue weighted by molar-refractivity contribution is 0.123. The lowest BCUT2D eigenvalue weighted by Gasteiger charge is -2.36. The molecule has 0 spiro atoms. The van der Waals surface area contributed by atoms with Crippen LogP contribution in [0, 0.1) is 5.92 Å². The first-order chi connectivity index (χ1) is 6.81. The second-order valence-electron chi connectivity index (χ2n) is 4.53. The van der Waals surface area contributed by atoms with Crippen molar-refractivity contribution in [2.75, 3.05) is 19.6 Å². The van der Waals surface area contributed by atoms with Crippen molar-refractivity contribution in [2.45, 2.75) is 52.0 Å². The van der Waals surface area contributed by atoms with Crippen LogP contribution >= 0.6 is 0 Å². The molecular formula is C12H26N2. The molecule has 1 rings (SSSR count). The van der Waals surface area contributed by atoms with Crippen LogP contribution < -0.4 is 5.73 Å². The Kier molecular flexibility index (Phi) is 5.49. The van der Waals surface area contributed by atoms with E-state index < -0.39 is 0 Å². The molecule has 0 aromatic carbocycles. The van der Waals surface area contributed by atoms with Crippen molar-refractivity contribution in [1.29, 1.82) is 0 Å². The van der Waals surface area contributed by atoms with E-state index in [0.717, 1.165) is 18.5 Å². The van der Waals surface area contributed by atoms with Crippen molar-refractivity contribution < 1.29 is 0 Å². The van der Waals surface area contributed by atoms with Gasteiger partial charge in [0.15, 0.2) is 0 Å². The molecule has 0 saturated carbocycles. The molecule has 2 heteroatoms. The van der Waals surface area contributed by atoms with Crippen LogP contribution in [0.15, 0.2) is 0 Å². The number of hydrogen-bond acceptors (Lipinski definition) is 2. The number of hydrogen-bond donors (Lipinski definition) is 1. The molecule has 1 aliphatic rings. The van der Waals surface area contributed by atoms with Gasteiger partial charge < -0.3 is 10.6 Å². The van der Waals surface area contributed by atoms with Crippen LogP contribution in [-0.2, 0) is 0 Å². The van der Waals surface area contributed by atoms with E-state index in [9.17, 15) is 0 Å². The molecule has 1 saturated heterocycles. The highest BCUT2D eigenvalue weighted by atomic mass is 15.2. The van der Waals surface area contributed by atoms with Gasteiger partial charge in [0.1, 0.15) is 0 Å². The molecule has 0 atom stereocenters. The highest BCUT2D eigenvalue weighted by molar-refractivity contribution is 4.77. The molecule has 1 fully saturated rings. The molecule has 0 bridgehead atoms. The summed E-state index contributed by atoms with van der Waals surface area (Å²) in [5.41, 5.74) is 5.59. The fourth-order valence-corrected chi connectivity index (χ4v) is 2.65. The van der Waals surface area contributed by atoms with Gasteiger partial charge in [-0.1, -0.05) is 13.8 Å². The summed E-state index contributed by atoms with van der Waals surface area (Å²) in [4.78, 5) is 2.67. The van der Waals surface area contributed by atoms with Gasteiger partial charge in [-0.25, -0.2) is 0 Å². The fraction of sp³-hybridized carbons (Fsp3) is 1.00. The van der Waals surface area contributed by atoms with Crippen LogP contribution in [0.2, 0.25) is 0 Å². The summed E-state index contributed by atoms with van der Waals surface area (Å²) in [7, 11) is 0. The Balaban J connectivity index is 2.27. The van der Waals surface area contributed by atoms with Crippen LogP contribution in [0.25, 0.3) is 0 Å². The molecule has 0 unspecified atom stereocenters. The number of piperidine rings is 1. The molecule has 0 amide bonds. The van der Waals surface area contributed by atoms with Gasteiger partial charge in [-0.2, -0.15) is 0 Å². The minimum absolute atomic E-state index is 0.828. The zero-order valence-corrected chi connectivity index (χ0v) is 9.84. The van der Waals surface area contributed by atoms with Crippen LogP contribution in [0.5, 0.6) is 0 Å². The Hall–Kier alpha value is -0.0800. The highest BCUT2D eigenvalue weighted by Crippen LogP contribution is 2.22. The predicted octanol–water partition coefficient (Wildman–Crippen LogP) is 2.24. The average molecular weight is 198 g/mol. The molecule has 2 nitrogen and oxygen atoms in total. The van der Waals surface area contributed by atoms with Gasteiger partial charge in [0.25, 0.3) is 0 Å². The third-order valence-corrected chi connectivity index (χ3v) is 3.68. The molecule has 0 radical (unpaired) electrons. The van der Waals surface area contributed by atoms with Crippen LogP contribution in [0.4, 0.5) is 0 Å². The quantitative estimate of drug-likeness (QED) is 0.734. The minimum Gasteiger partial charge on any atom is -0.330 e. The maximum absolute atomic E-state index is 5.59. The summed E-state index contributed by atoms with van der Waals surface area (Å²) in [6, 6.07) is 0.828. The SMILES string of the molecule is CCC(CC)N1CCC(CCN)CC1. The average Bonchev–Trinajstić information content (AvgIpc) is 2.23. The van der Waals surface area contributed by atoms with Gasteiger partial charge >= 0.3 is 0 Å². The lowest BCUT2D eigenvalue weighted by atomic mass is 9.92. The molecule has 0 aromatic rings. The Labute approximate surface area is 88.8 Å². The van der Waals surface area contributed by atoms with E-state index in [1.807, 2.05) is 0 Å². The second-order valence-corrected chi connectivity index (χ2v) is 4.53. The van der Waals surface area contributed by atoms with Gasteiger partial charge in [-0.15, -0.1) is 0 Å². The van der Waals surface area contributed by atoms with Crippen molar-refractivity contribution >= 4 is 0 Å². The topological polar surface area (TPSA) is 29.3 Å². The van der Waals surface area contributed by atoms with Crippen molar-refractivity contribution in [2.24, 2.45) is 11.7 Å². The molecular weight excluding hydrogens is 172 g/mol. The van der Waals surface area contributed by atoms with Gasteiger partial charge in [0.05, 0.1) is 0 Å². The van der Waals surface area contributed by atoms with Crippen LogP contribution in [0.3, 0.4) is 0 Å². The third-order valence-electron chi connectivity index (χ3n) is 3.68. The highest BCUT2D eigenvalue weighted by Gasteiger charge is 2.22. The second kappa shape index (κ2) is 6.41. The first-order valence-corrected chi connectivity index (χ1v) is 6.25. The van der Waals surface area contributed by atoms with Crippen molar-refractivity contribution in [1.82, 2.24) is 4.90 Å². The summed E-state index contributed by atoms with van der Waals surface area (Å²) >= 11 is 0. The standard InChI is InChI=1S/C12H26N2/c1-3-12(4-2)14-9-6-11(5-8-13)7-10-14/h11-12H,3-10,13H2,1-2H3. The Morgan fingerprint density at radius 3 is 2.21 bits per heavy atom. The fourth-order valence-electron chi connectivity index (χ4n) is 2.65. The van der Waals surface area contributed by atoms with E-state index >= 15 is 0 Å². The maximum Gasteiger partial charge on any atom is 0.00900 e. The smallest absolute Gasteiger partial charge is 0.00900 e. The molecule has 14 heavy (non-hydrogen) atoms. The predicted molar refractivity (Wildman–Crippen MR) is 62.3 cm³/mol. The minimum atomic E-state index is 0.828.